The number of ether oxygens (including phenoxy) is 2. The van der Waals surface area contributed by atoms with Crippen LogP contribution in [0.15, 0.2) is 18.2 Å². The highest BCUT2D eigenvalue weighted by molar-refractivity contribution is 5.70. The van der Waals surface area contributed by atoms with Gasteiger partial charge in [0.25, 0.3) is 0 Å². The molecule has 1 aliphatic carbocycles. The van der Waals surface area contributed by atoms with Crippen LogP contribution in [0.25, 0.3) is 0 Å². The first-order valence-electron chi connectivity index (χ1n) is 6.67. The number of methoxy groups -OCH3 is 1. The molecule has 0 aliphatic heterocycles. The second-order valence-corrected chi connectivity index (χ2v) is 5.06. The van der Waals surface area contributed by atoms with Gasteiger partial charge in [-0.3, -0.25) is 4.79 Å². The Balaban J connectivity index is 2.22. The summed E-state index contributed by atoms with van der Waals surface area (Å²) in [5, 5.41) is 9.03. The van der Waals surface area contributed by atoms with Gasteiger partial charge < -0.3 is 14.6 Å². The molecule has 1 atom stereocenters. The van der Waals surface area contributed by atoms with Gasteiger partial charge in [-0.25, -0.2) is 0 Å². The van der Waals surface area contributed by atoms with E-state index in [-0.39, 0.29) is 6.10 Å². The summed E-state index contributed by atoms with van der Waals surface area (Å²) < 4.78 is 11.3. The van der Waals surface area contributed by atoms with Gasteiger partial charge in [0.05, 0.1) is 19.1 Å². The van der Waals surface area contributed by atoms with Crippen LogP contribution in [0.5, 0.6) is 11.5 Å². The molecular formula is C15H20O4. The minimum absolute atomic E-state index is 0.246. The minimum Gasteiger partial charge on any atom is -0.493 e. The molecular weight excluding hydrogens is 244 g/mol. The first-order valence-corrected chi connectivity index (χ1v) is 6.67. The molecule has 19 heavy (non-hydrogen) atoms. The molecule has 4 heteroatoms. The zero-order valence-electron chi connectivity index (χ0n) is 11.4. The standard InChI is InChI=1S/C15H20O4/c1-10(15(16)17)9-11-5-3-8-13(18-2)14(11)19-12-6-4-7-12/h3,5,8,10,12H,4,6-7,9H2,1-2H3,(H,16,17). The number of hydrogen-bond acceptors (Lipinski definition) is 3. The highest BCUT2D eigenvalue weighted by atomic mass is 16.5. The second-order valence-electron chi connectivity index (χ2n) is 5.06. The molecule has 2 rings (SSSR count). The lowest BCUT2D eigenvalue weighted by Gasteiger charge is -2.28. The van der Waals surface area contributed by atoms with Crippen LogP contribution in [0.2, 0.25) is 0 Å². The van der Waals surface area contributed by atoms with Crippen molar-refractivity contribution in [3.8, 4) is 11.5 Å². The van der Waals surface area contributed by atoms with E-state index in [2.05, 4.69) is 0 Å². The normalized spacial score (nSPS) is 16.5. The van der Waals surface area contributed by atoms with Crippen molar-refractivity contribution in [3.05, 3.63) is 23.8 Å². The molecule has 1 fully saturated rings. The lowest BCUT2D eigenvalue weighted by molar-refractivity contribution is -0.141. The molecule has 0 amide bonds. The number of para-hydroxylation sites is 1. The largest absolute Gasteiger partial charge is 0.493 e. The maximum absolute atomic E-state index is 11.0. The van der Waals surface area contributed by atoms with Crippen molar-refractivity contribution in [3.63, 3.8) is 0 Å². The summed E-state index contributed by atoms with van der Waals surface area (Å²) in [6.07, 6.45) is 4.02. The third-order valence-corrected chi connectivity index (χ3v) is 3.56. The van der Waals surface area contributed by atoms with Gasteiger partial charge in [0.15, 0.2) is 11.5 Å². The van der Waals surface area contributed by atoms with Crippen LogP contribution in [-0.2, 0) is 11.2 Å². The van der Waals surface area contributed by atoms with Gasteiger partial charge in [-0.15, -0.1) is 0 Å². The quantitative estimate of drug-likeness (QED) is 0.858. The van der Waals surface area contributed by atoms with Crippen molar-refractivity contribution in [2.45, 2.75) is 38.7 Å². The molecule has 104 valence electrons. The maximum atomic E-state index is 11.0. The summed E-state index contributed by atoms with van der Waals surface area (Å²) in [5.41, 5.74) is 0.904. The first kappa shape index (κ1) is 13.7. The Morgan fingerprint density at radius 2 is 2.21 bits per heavy atom. The maximum Gasteiger partial charge on any atom is 0.306 e. The van der Waals surface area contributed by atoms with E-state index in [0.717, 1.165) is 18.4 Å². The van der Waals surface area contributed by atoms with Crippen LogP contribution in [-0.4, -0.2) is 24.3 Å². The average Bonchev–Trinajstić information content (AvgIpc) is 2.34. The van der Waals surface area contributed by atoms with Crippen LogP contribution in [0.3, 0.4) is 0 Å². The van der Waals surface area contributed by atoms with Crippen LogP contribution in [0.4, 0.5) is 0 Å². The van der Waals surface area contributed by atoms with Crippen LogP contribution >= 0.6 is 0 Å². The number of hydrogen-bond donors (Lipinski definition) is 1. The average molecular weight is 264 g/mol. The topological polar surface area (TPSA) is 55.8 Å². The Bertz CT molecular complexity index is 451. The van der Waals surface area contributed by atoms with Gasteiger partial charge in [0.1, 0.15) is 0 Å². The molecule has 0 radical (unpaired) electrons. The van der Waals surface area contributed by atoms with Gasteiger partial charge in [-0.05, 0) is 37.3 Å². The lowest BCUT2D eigenvalue weighted by atomic mass is 9.95. The van der Waals surface area contributed by atoms with E-state index < -0.39 is 11.9 Å². The number of rotatable bonds is 6. The fraction of sp³-hybridized carbons (Fsp3) is 0.533. The molecule has 1 N–H and O–H groups in total. The fourth-order valence-electron chi connectivity index (χ4n) is 2.09. The molecule has 0 bridgehead atoms. The predicted octanol–water partition coefficient (Wildman–Crippen LogP) is 2.89. The zero-order valence-corrected chi connectivity index (χ0v) is 11.4. The van der Waals surface area contributed by atoms with Gasteiger partial charge in [-0.2, -0.15) is 0 Å². The molecule has 1 aromatic carbocycles. The zero-order chi connectivity index (χ0) is 13.8. The third kappa shape index (κ3) is 3.19. The molecule has 0 saturated heterocycles. The first-order chi connectivity index (χ1) is 9.11. The van der Waals surface area contributed by atoms with E-state index in [1.165, 1.54) is 6.42 Å². The van der Waals surface area contributed by atoms with Crippen molar-refractivity contribution < 1.29 is 19.4 Å². The fourth-order valence-corrected chi connectivity index (χ4v) is 2.09. The third-order valence-electron chi connectivity index (χ3n) is 3.56. The van der Waals surface area contributed by atoms with Crippen molar-refractivity contribution in [2.24, 2.45) is 5.92 Å². The molecule has 0 spiro atoms. The molecule has 0 heterocycles. The van der Waals surface area contributed by atoms with E-state index in [4.69, 9.17) is 14.6 Å². The van der Waals surface area contributed by atoms with Gasteiger partial charge in [-0.1, -0.05) is 19.1 Å². The Hall–Kier alpha value is -1.71. The lowest BCUT2D eigenvalue weighted by Crippen LogP contribution is -2.25. The van der Waals surface area contributed by atoms with Gasteiger partial charge in [0, 0.05) is 0 Å². The smallest absolute Gasteiger partial charge is 0.306 e. The van der Waals surface area contributed by atoms with Crippen LogP contribution in [0, 0.1) is 5.92 Å². The van der Waals surface area contributed by atoms with Crippen molar-refractivity contribution in [2.75, 3.05) is 7.11 Å². The Kier molecular flexibility index (Phi) is 4.30. The van der Waals surface area contributed by atoms with Crippen molar-refractivity contribution >= 4 is 5.97 Å². The number of carboxylic acid groups (broad SMARTS) is 1. The monoisotopic (exact) mass is 264 g/mol. The van der Waals surface area contributed by atoms with E-state index in [9.17, 15) is 4.79 Å². The van der Waals surface area contributed by atoms with E-state index >= 15 is 0 Å². The summed E-state index contributed by atoms with van der Waals surface area (Å²) in [7, 11) is 1.60. The highest BCUT2D eigenvalue weighted by Gasteiger charge is 2.23. The summed E-state index contributed by atoms with van der Waals surface area (Å²) in [6.45, 7) is 1.70. The molecule has 1 unspecified atom stereocenters. The van der Waals surface area contributed by atoms with E-state index in [1.54, 1.807) is 14.0 Å². The molecule has 1 saturated carbocycles. The number of carboxylic acids is 1. The van der Waals surface area contributed by atoms with Crippen molar-refractivity contribution in [1.29, 1.82) is 0 Å². The van der Waals surface area contributed by atoms with E-state index in [0.29, 0.717) is 17.9 Å². The molecule has 1 aliphatic rings. The summed E-state index contributed by atoms with van der Waals surface area (Å²) >= 11 is 0. The number of aliphatic carboxylic acids is 1. The predicted molar refractivity (Wildman–Crippen MR) is 71.8 cm³/mol. The summed E-state index contributed by atoms with van der Waals surface area (Å²) in [4.78, 5) is 11.0. The SMILES string of the molecule is COc1cccc(CC(C)C(=O)O)c1OC1CCC1. The molecule has 0 aromatic heterocycles. The van der Waals surface area contributed by atoms with Gasteiger partial charge >= 0.3 is 5.97 Å². The summed E-state index contributed by atoms with van der Waals surface area (Å²) in [5.74, 6) is 0.165. The van der Waals surface area contributed by atoms with Crippen LogP contribution in [0.1, 0.15) is 31.7 Å². The Morgan fingerprint density at radius 3 is 2.74 bits per heavy atom. The van der Waals surface area contributed by atoms with E-state index in [1.807, 2.05) is 18.2 Å². The highest BCUT2D eigenvalue weighted by Crippen LogP contribution is 2.36. The van der Waals surface area contributed by atoms with Gasteiger partial charge in [0.2, 0.25) is 0 Å². The molecule has 4 nitrogen and oxygen atoms in total. The number of carbonyl (C=O) groups is 1. The molecule has 1 aromatic rings. The summed E-state index contributed by atoms with van der Waals surface area (Å²) in [6, 6.07) is 5.63. The van der Waals surface area contributed by atoms with Crippen LogP contribution < -0.4 is 9.47 Å². The number of benzene rings is 1. The Morgan fingerprint density at radius 1 is 1.47 bits per heavy atom. The Labute approximate surface area is 113 Å². The second kappa shape index (κ2) is 5.95. The minimum atomic E-state index is -0.794. The van der Waals surface area contributed by atoms with Crippen molar-refractivity contribution in [1.82, 2.24) is 0 Å².